The minimum absolute atomic E-state index is 0.380. The Morgan fingerprint density at radius 3 is 2.67 bits per heavy atom. The van der Waals surface area contributed by atoms with Gasteiger partial charge in [0.05, 0.1) is 12.7 Å². The summed E-state index contributed by atoms with van der Waals surface area (Å²) in [5, 5.41) is 0. The summed E-state index contributed by atoms with van der Waals surface area (Å²) in [5.41, 5.74) is 4.05. The maximum absolute atomic E-state index is 5.45. The van der Waals surface area contributed by atoms with Gasteiger partial charge in [-0.2, -0.15) is 0 Å². The molecule has 1 aliphatic heterocycles. The van der Waals surface area contributed by atoms with Crippen molar-refractivity contribution in [2.45, 2.75) is 26.4 Å². The molecule has 2 rings (SSSR count). The molecule has 1 saturated heterocycles. The second kappa shape index (κ2) is 2.91. The van der Waals surface area contributed by atoms with Crippen LogP contribution in [0.2, 0.25) is 0 Å². The van der Waals surface area contributed by atoms with Gasteiger partial charge in [-0.15, -0.1) is 0 Å². The van der Waals surface area contributed by atoms with Crippen molar-refractivity contribution < 1.29 is 4.74 Å². The van der Waals surface area contributed by atoms with Gasteiger partial charge in [-0.1, -0.05) is 23.8 Å². The highest BCUT2D eigenvalue weighted by Gasteiger charge is 2.21. The van der Waals surface area contributed by atoms with E-state index in [4.69, 9.17) is 4.74 Å². The fourth-order valence-electron chi connectivity index (χ4n) is 1.59. The molecule has 1 heteroatoms. The first kappa shape index (κ1) is 7.81. The van der Waals surface area contributed by atoms with E-state index in [0.29, 0.717) is 6.10 Å². The molecular formula is C11H14O. The molecule has 1 aliphatic rings. The van der Waals surface area contributed by atoms with E-state index in [0.717, 1.165) is 6.61 Å². The zero-order valence-corrected chi connectivity index (χ0v) is 7.63. The molecule has 1 atom stereocenters. The van der Waals surface area contributed by atoms with Crippen LogP contribution in [-0.4, -0.2) is 6.61 Å². The van der Waals surface area contributed by atoms with Crippen LogP contribution in [0.4, 0.5) is 0 Å². The molecule has 0 bridgehead atoms. The lowest BCUT2D eigenvalue weighted by molar-refractivity contribution is -0.0530. The highest BCUT2D eigenvalue weighted by molar-refractivity contribution is 5.32. The van der Waals surface area contributed by atoms with E-state index in [1.807, 2.05) is 0 Å². The lowest BCUT2D eigenvalue weighted by Gasteiger charge is -2.28. The van der Waals surface area contributed by atoms with Crippen LogP contribution in [0.1, 0.15) is 29.2 Å². The predicted octanol–water partition coefficient (Wildman–Crippen LogP) is 2.76. The Morgan fingerprint density at radius 1 is 1.33 bits per heavy atom. The zero-order valence-electron chi connectivity index (χ0n) is 7.63. The number of hydrogen-bond acceptors (Lipinski definition) is 1. The minimum atomic E-state index is 0.380. The minimum Gasteiger partial charge on any atom is -0.373 e. The van der Waals surface area contributed by atoms with Gasteiger partial charge in [-0.05, 0) is 25.0 Å². The number of hydrogen-bond donors (Lipinski definition) is 0. The second-order valence-corrected chi connectivity index (χ2v) is 3.51. The average molecular weight is 162 g/mol. The Balaban J connectivity index is 2.34. The molecule has 0 radical (unpaired) electrons. The largest absolute Gasteiger partial charge is 0.373 e. The topological polar surface area (TPSA) is 9.23 Å². The first-order chi connectivity index (χ1) is 5.77. The van der Waals surface area contributed by atoms with Crippen molar-refractivity contribution in [1.82, 2.24) is 0 Å². The van der Waals surface area contributed by atoms with Crippen LogP contribution in [0, 0.1) is 13.8 Å². The maximum Gasteiger partial charge on any atom is 0.0849 e. The smallest absolute Gasteiger partial charge is 0.0849 e. The van der Waals surface area contributed by atoms with Gasteiger partial charge < -0.3 is 4.74 Å². The fourth-order valence-corrected chi connectivity index (χ4v) is 1.59. The highest BCUT2D eigenvalue weighted by Crippen LogP contribution is 2.31. The van der Waals surface area contributed by atoms with Crippen molar-refractivity contribution in [1.29, 1.82) is 0 Å². The number of ether oxygens (including phenoxy) is 1. The summed E-state index contributed by atoms with van der Waals surface area (Å²) in [6.07, 6.45) is 1.56. The SMILES string of the molecule is Cc1ccc(C)c(C2CCO2)c1. The highest BCUT2D eigenvalue weighted by atomic mass is 16.5. The molecule has 1 unspecified atom stereocenters. The van der Waals surface area contributed by atoms with Gasteiger partial charge in [0, 0.05) is 6.42 Å². The van der Waals surface area contributed by atoms with Gasteiger partial charge in [0.25, 0.3) is 0 Å². The lowest BCUT2D eigenvalue weighted by atomic mass is 9.97. The van der Waals surface area contributed by atoms with Gasteiger partial charge in [-0.3, -0.25) is 0 Å². The molecule has 1 heterocycles. The van der Waals surface area contributed by atoms with Gasteiger partial charge in [0.15, 0.2) is 0 Å². The first-order valence-electron chi connectivity index (χ1n) is 4.46. The van der Waals surface area contributed by atoms with E-state index in [1.165, 1.54) is 23.1 Å². The first-order valence-corrected chi connectivity index (χ1v) is 4.46. The molecule has 64 valence electrons. The van der Waals surface area contributed by atoms with E-state index >= 15 is 0 Å². The molecule has 0 spiro atoms. The Morgan fingerprint density at radius 2 is 2.08 bits per heavy atom. The third-order valence-corrected chi connectivity index (χ3v) is 2.48. The molecule has 0 aromatic heterocycles. The van der Waals surface area contributed by atoms with Crippen molar-refractivity contribution in [2.24, 2.45) is 0 Å². The molecular weight excluding hydrogens is 148 g/mol. The normalized spacial score (nSPS) is 22.0. The van der Waals surface area contributed by atoms with Crippen LogP contribution >= 0.6 is 0 Å². The average Bonchev–Trinajstić information content (AvgIpc) is 1.93. The van der Waals surface area contributed by atoms with Crippen LogP contribution in [0.15, 0.2) is 18.2 Å². The van der Waals surface area contributed by atoms with Crippen LogP contribution < -0.4 is 0 Å². The summed E-state index contributed by atoms with van der Waals surface area (Å²) >= 11 is 0. The predicted molar refractivity (Wildman–Crippen MR) is 49.2 cm³/mol. The van der Waals surface area contributed by atoms with Crippen molar-refractivity contribution in [3.05, 3.63) is 34.9 Å². The van der Waals surface area contributed by atoms with Crippen LogP contribution in [-0.2, 0) is 4.74 Å². The molecule has 0 aliphatic carbocycles. The second-order valence-electron chi connectivity index (χ2n) is 3.51. The monoisotopic (exact) mass is 162 g/mol. The molecule has 1 aromatic carbocycles. The summed E-state index contributed by atoms with van der Waals surface area (Å²) in [6.45, 7) is 5.20. The van der Waals surface area contributed by atoms with E-state index in [1.54, 1.807) is 0 Å². The maximum atomic E-state index is 5.45. The van der Waals surface area contributed by atoms with Crippen molar-refractivity contribution in [3.63, 3.8) is 0 Å². The Bertz CT molecular complexity index is 287. The van der Waals surface area contributed by atoms with E-state index in [9.17, 15) is 0 Å². The molecule has 12 heavy (non-hydrogen) atoms. The van der Waals surface area contributed by atoms with E-state index in [2.05, 4.69) is 32.0 Å². The van der Waals surface area contributed by atoms with Gasteiger partial charge >= 0.3 is 0 Å². The third kappa shape index (κ3) is 1.25. The molecule has 1 nitrogen and oxygen atoms in total. The Hall–Kier alpha value is -0.820. The number of benzene rings is 1. The summed E-state index contributed by atoms with van der Waals surface area (Å²) in [6, 6.07) is 6.56. The van der Waals surface area contributed by atoms with E-state index < -0.39 is 0 Å². The Kier molecular flexibility index (Phi) is 1.89. The number of rotatable bonds is 1. The lowest BCUT2D eigenvalue weighted by Crippen LogP contribution is -2.19. The molecule has 0 saturated carbocycles. The summed E-state index contributed by atoms with van der Waals surface area (Å²) < 4.78 is 5.45. The zero-order chi connectivity index (χ0) is 8.55. The standard InChI is InChI=1S/C11H14O/c1-8-3-4-9(2)10(7-8)11-5-6-12-11/h3-4,7,11H,5-6H2,1-2H3. The van der Waals surface area contributed by atoms with Crippen LogP contribution in [0.3, 0.4) is 0 Å². The molecule has 0 N–H and O–H groups in total. The third-order valence-electron chi connectivity index (χ3n) is 2.48. The van der Waals surface area contributed by atoms with Crippen LogP contribution in [0.5, 0.6) is 0 Å². The fraction of sp³-hybridized carbons (Fsp3) is 0.455. The molecule has 1 aromatic rings. The quantitative estimate of drug-likeness (QED) is 0.617. The molecule has 0 amide bonds. The van der Waals surface area contributed by atoms with Crippen molar-refractivity contribution in [3.8, 4) is 0 Å². The van der Waals surface area contributed by atoms with Crippen molar-refractivity contribution >= 4 is 0 Å². The summed E-state index contributed by atoms with van der Waals surface area (Å²) in [5.74, 6) is 0. The van der Waals surface area contributed by atoms with Gasteiger partial charge in [-0.25, -0.2) is 0 Å². The van der Waals surface area contributed by atoms with Gasteiger partial charge in [0.2, 0.25) is 0 Å². The molecule has 1 fully saturated rings. The number of aryl methyl sites for hydroxylation is 2. The van der Waals surface area contributed by atoms with Crippen LogP contribution in [0.25, 0.3) is 0 Å². The summed E-state index contributed by atoms with van der Waals surface area (Å²) in [4.78, 5) is 0. The van der Waals surface area contributed by atoms with Crippen molar-refractivity contribution in [2.75, 3.05) is 6.61 Å². The van der Waals surface area contributed by atoms with E-state index in [-0.39, 0.29) is 0 Å². The van der Waals surface area contributed by atoms with Gasteiger partial charge in [0.1, 0.15) is 0 Å². The summed E-state index contributed by atoms with van der Waals surface area (Å²) in [7, 11) is 0. The Labute approximate surface area is 73.4 Å².